The van der Waals surface area contributed by atoms with Gasteiger partial charge in [0, 0.05) is 31.7 Å². The number of halogens is 1. The van der Waals surface area contributed by atoms with Gasteiger partial charge < -0.3 is 19.9 Å². The Morgan fingerprint density at radius 1 is 1.39 bits per heavy atom. The van der Waals surface area contributed by atoms with Crippen molar-refractivity contribution in [2.24, 2.45) is 0 Å². The van der Waals surface area contributed by atoms with Gasteiger partial charge in [0.05, 0.1) is 25.5 Å². The van der Waals surface area contributed by atoms with E-state index in [9.17, 15) is 4.79 Å². The number of rotatable bonds is 5. The number of anilines is 1. The minimum absolute atomic E-state index is 0.0879. The second kappa shape index (κ2) is 9.10. The van der Waals surface area contributed by atoms with Crippen LogP contribution in [0.1, 0.15) is 24.0 Å². The Kier molecular flexibility index (Phi) is 6.57. The highest BCUT2D eigenvalue weighted by atomic mass is 35.5. The lowest BCUT2D eigenvalue weighted by Gasteiger charge is -2.37. The van der Waals surface area contributed by atoms with Gasteiger partial charge in [0.1, 0.15) is 0 Å². The predicted molar refractivity (Wildman–Crippen MR) is 110 cm³/mol. The van der Waals surface area contributed by atoms with Crippen LogP contribution in [0.3, 0.4) is 0 Å². The van der Waals surface area contributed by atoms with Crippen molar-refractivity contribution < 1.29 is 9.53 Å². The van der Waals surface area contributed by atoms with Crippen LogP contribution in [0.4, 0.5) is 10.7 Å². The monoisotopic (exact) mass is 403 g/mol. The number of ether oxygens (including phenoxy) is 1. The highest BCUT2D eigenvalue weighted by Gasteiger charge is 2.27. The van der Waals surface area contributed by atoms with Crippen molar-refractivity contribution in [3.63, 3.8) is 0 Å². The minimum Gasteiger partial charge on any atom is -0.494 e. The zero-order valence-corrected chi connectivity index (χ0v) is 17.2. The van der Waals surface area contributed by atoms with Crippen LogP contribution in [-0.4, -0.2) is 54.2 Å². The molecule has 2 amide bonds. The van der Waals surface area contributed by atoms with Crippen molar-refractivity contribution in [3.8, 4) is 5.75 Å². The average molecular weight is 404 g/mol. The van der Waals surface area contributed by atoms with E-state index in [1.54, 1.807) is 24.4 Å². The molecule has 0 spiro atoms. The summed E-state index contributed by atoms with van der Waals surface area (Å²) < 4.78 is 5.11. The second-order valence-electron chi connectivity index (χ2n) is 7.02. The molecule has 1 aromatic carbocycles. The van der Waals surface area contributed by atoms with E-state index in [-0.39, 0.29) is 12.1 Å². The molecule has 0 aliphatic carbocycles. The first-order chi connectivity index (χ1) is 13.5. The molecule has 0 unspecified atom stereocenters. The maximum absolute atomic E-state index is 12.6. The summed E-state index contributed by atoms with van der Waals surface area (Å²) in [7, 11) is 3.43. The third kappa shape index (κ3) is 4.84. The van der Waals surface area contributed by atoms with Gasteiger partial charge >= 0.3 is 6.03 Å². The number of hydrogen-bond acceptors (Lipinski definition) is 5. The Morgan fingerprint density at radius 2 is 2.14 bits per heavy atom. The maximum atomic E-state index is 12.6. The molecule has 1 fully saturated rings. The van der Waals surface area contributed by atoms with Crippen LogP contribution >= 0.6 is 11.6 Å². The number of benzene rings is 1. The summed E-state index contributed by atoms with van der Waals surface area (Å²) in [5, 5.41) is 3.72. The van der Waals surface area contributed by atoms with Gasteiger partial charge in [0.2, 0.25) is 5.95 Å². The molecule has 2 heterocycles. The average Bonchev–Trinajstić information content (AvgIpc) is 2.74. The molecular formula is C20H26ClN5O2. The molecule has 2 aromatic rings. The first kappa shape index (κ1) is 20.2. The number of methoxy groups -OCH3 is 1. The number of nitrogens with one attached hydrogen (secondary N) is 1. The number of urea groups is 1. The van der Waals surface area contributed by atoms with Crippen molar-refractivity contribution in [1.29, 1.82) is 0 Å². The molecule has 8 heteroatoms. The number of carbonyl (C=O) groups is 1. The number of nitrogens with zero attached hydrogens (tertiary/aromatic N) is 4. The van der Waals surface area contributed by atoms with E-state index in [1.807, 2.05) is 32.2 Å². The van der Waals surface area contributed by atoms with Gasteiger partial charge in [-0.25, -0.2) is 14.8 Å². The fourth-order valence-corrected chi connectivity index (χ4v) is 3.43. The van der Waals surface area contributed by atoms with E-state index >= 15 is 0 Å². The van der Waals surface area contributed by atoms with E-state index in [2.05, 4.69) is 20.2 Å². The maximum Gasteiger partial charge on any atom is 0.317 e. The number of aryl methyl sites for hydroxylation is 1. The molecule has 0 saturated carbocycles. The van der Waals surface area contributed by atoms with Crippen LogP contribution in [0.2, 0.25) is 5.02 Å². The van der Waals surface area contributed by atoms with Gasteiger partial charge in [0.25, 0.3) is 0 Å². The first-order valence-electron chi connectivity index (χ1n) is 9.34. The topological polar surface area (TPSA) is 70.6 Å². The molecule has 1 N–H and O–H groups in total. The molecule has 28 heavy (non-hydrogen) atoms. The molecule has 1 aliphatic heterocycles. The van der Waals surface area contributed by atoms with Gasteiger partial charge in [-0.3, -0.25) is 0 Å². The molecule has 0 bridgehead atoms. The summed E-state index contributed by atoms with van der Waals surface area (Å²) in [6, 6.07) is 5.79. The van der Waals surface area contributed by atoms with Crippen LogP contribution in [0.15, 0.2) is 30.6 Å². The Bertz CT molecular complexity index is 815. The number of hydrogen-bond donors (Lipinski definition) is 1. The van der Waals surface area contributed by atoms with Crippen LogP contribution in [-0.2, 0) is 6.54 Å². The van der Waals surface area contributed by atoms with Crippen molar-refractivity contribution in [2.75, 3.05) is 32.1 Å². The Labute approximate surface area is 170 Å². The van der Waals surface area contributed by atoms with Gasteiger partial charge in [-0.1, -0.05) is 23.7 Å². The molecule has 150 valence electrons. The number of aromatic nitrogens is 2. The molecule has 0 radical (unpaired) electrons. The fourth-order valence-electron chi connectivity index (χ4n) is 3.32. The normalized spacial score (nSPS) is 16.6. The molecule has 1 atom stereocenters. The fraction of sp³-hybridized carbons (Fsp3) is 0.450. The van der Waals surface area contributed by atoms with E-state index < -0.39 is 0 Å². The standard InChI is InChI=1S/C20H26ClN5O2/c1-14-9-15(6-7-18(14)21)10-24-20(27)25(2)16-5-4-8-26(13-16)19-22-11-17(28-3)12-23-19/h6-7,9,11-12,16H,4-5,8,10,13H2,1-3H3,(H,24,27)/t16-/m1/s1. The second-order valence-corrected chi connectivity index (χ2v) is 7.43. The summed E-state index contributed by atoms with van der Waals surface area (Å²) in [6.07, 6.45) is 5.26. The van der Waals surface area contributed by atoms with Crippen molar-refractivity contribution >= 4 is 23.6 Å². The van der Waals surface area contributed by atoms with E-state index in [1.165, 1.54) is 0 Å². The lowest BCUT2D eigenvalue weighted by atomic mass is 10.1. The van der Waals surface area contributed by atoms with E-state index in [0.29, 0.717) is 24.8 Å². The quantitative estimate of drug-likeness (QED) is 0.829. The largest absolute Gasteiger partial charge is 0.494 e. The van der Waals surface area contributed by atoms with Crippen molar-refractivity contribution in [2.45, 2.75) is 32.4 Å². The first-order valence-corrected chi connectivity index (χ1v) is 9.72. The summed E-state index contributed by atoms with van der Waals surface area (Å²) in [4.78, 5) is 25.2. The van der Waals surface area contributed by atoms with Crippen LogP contribution in [0, 0.1) is 6.92 Å². The van der Waals surface area contributed by atoms with E-state index in [4.69, 9.17) is 16.3 Å². The molecule has 3 rings (SSSR count). The summed E-state index contributed by atoms with van der Waals surface area (Å²) >= 11 is 6.06. The number of likely N-dealkylation sites (N-methyl/N-ethyl adjacent to an activating group) is 1. The summed E-state index contributed by atoms with van der Waals surface area (Å²) in [5.41, 5.74) is 2.03. The third-order valence-corrected chi connectivity index (χ3v) is 5.49. The minimum atomic E-state index is -0.0879. The highest BCUT2D eigenvalue weighted by Crippen LogP contribution is 2.20. The number of carbonyl (C=O) groups excluding carboxylic acids is 1. The van der Waals surface area contributed by atoms with E-state index in [0.717, 1.165) is 35.5 Å². The molecule has 1 aliphatic rings. The Morgan fingerprint density at radius 3 is 2.82 bits per heavy atom. The Balaban J connectivity index is 1.56. The van der Waals surface area contributed by atoms with Crippen molar-refractivity contribution in [1.82, 2.24) is 20.2 Å². The van der Waals surface area contributed by atoms with Gasteiger partial charge in [0.15, 0.2) is 5.75 Å². The Hall–Kier alpha value is -2.54. The lowest BCUT2D eigenvalue weighted by molar-refractivity contribution is 0.182. The van der Waals surface area contributed by atoms with Crippen molar-refractivity contribution in [3.05, 3.63) is 46.7 Å². The molecular weight excluding hydrogens is 378 g/mol. The van der Waals surface area contributed by atoms with Gasteiger partial charge in [-0.2, -0.15) is 0 Å². The number of piperidine rings is 1. The number of amides is 2. The lowest BCUT2D eigenvalue weighted by Crippen LogP contribution is -2.51. The zero-order chi connectivity index (χ0) is 20.1. The third-order valence-electron chi connectivity index (χ3n) is 5.06. The van der Waals surface area contributed by atoms with Crippen LogP contribution in [0.5, 0.6) is 5.75 Å². The van der Waals surface area contributed by atoms with Gasteiger partial charge in [-0.15, -0.1) is 0 Å². The highest BCUT2D eigenvalue weighted by molar-refractivity contribution is 6.31. The molecule has 7 nitrogen and oxygen atoms in total. The summed E-state index contributed by atoms with van der Waals surface area (Å²) in [5.74, 6) is 1.29. The van der Waals surface area contributed by atoms with Gasteiger partial charge in [-0.05, 0) is 37.0 Å². The summed E-state index contributed by atoms with van der Waals surface area (Å²) in [6.45, 7) is 4.01. The smallest absolute Gasteiger partial charge is 0.317 e. The predicted octanol–water partition coefficient (Wildman–Crippen LogP) is 3.26. The SMILES string of the molecule is COc1cnc(N2CCC[C@@H](N(C)C(=O)NCc3ccc(Cl)c(C)c3)C2)nc1. The molecule has 1 saturated heterocycles. The van der Waals surface area contributed by atoms with Crippen LogP contribution < -0.4 is 15.0 Å². The zero-order valence-electron chi connectivity index (χ0n) is 16.5. The molecule has 1 aromatic heterocycles. The van der Waals surface area contributed by atoms with Crippen LogP contribution in [0.25, 0.3) is 0 Å².